The first-order valence-corrected chi connectivity index (χ1v) is 10.5. The van der Waals surface area contributed by atoms with Gasteiger partial charge in [0.25, 0.3) is 0 Å². The van der Waals surface area contributed by atoms with Crippen LogP contribution in [0, 0.1) is 23.2 Å². The second-order valence-electron chi connectivity index (χ2n) is 9.30. The number of aromatic nitrogens is 2. The fourth-order valence-corrected chi connectivity index (χ4v) is 6.72. The van der Waals surface area contributed by atoms with Crippen LogP contribution in [-0.4, -0.2) is 21.6 Å². The maximum atomic E-state index is 12.7. The average molecular weight is 367 g/mol. The highest BCUT2D eigenvalue weighted by molar-refractivity contribution is 5.81. The maximum Gasteiger partial charge on any atom is 0.329 e. The van der Waals surface area contributed by atoms with E-state index in [4.69, 9.17) is 0 Å². The van der Waals surface area contributed by atoms with Crippen molar-refractivity contribution in [1.29, 1.82) is 0 Å². The Balaban J connectivity index is 1.31. The normalized spacial score (nSPS) is 31.5. The van der Waals surface area contributed by atoms with Gasteiger partial charge in [-0.1, -0.05) is 12.1 Å². The molecule has 0 aliphatic heterocycles. The monoisotopic (exact) mass is 367 g/mol. The molecule has 6 rings (SSSR count). The first kappa shape index (κ1) is 17.1. The Labute approximate surface area is 159 Å². The van der Waals surface area contributed by atoms with Crippen molar-refractivity contribution in [3.05, 3.63) is 34.7 Å². The number of amides is 1. The fraction of sp³-hybridized carbons (Fsp3) is 0.636. The summed E-state index contributed by atoms with van der Waals surface area (Å²) in [6, 6.07) is 7.73. The van der Waals surface area contributed by atoms with Crippen LogP contribution in [0.2, 0.25) is 0 Å². The average Bonchev–Trinajstić information content (AvgIpc) is 2.90. The van der Waals surface area contributed by atoms with Gasteiger partial charge in [0.15, 0.2) is 0 Å². The number of hydrogen-bond acceptors (Lipinski definition) is 2. The second kappa shape index (κ2) is 6.25. The van der Waals surface area contributed by atoms with Gasteiger partial charge in [-0.05, 0) is 80.8 Å². The number of para-hydroxylation sites is 2. The van der Waals surface area contributed by atoms with E-state index in [0.29, 0.717) is 12.0 Å². The predicted molar refractivity (Wildman–Crippen MR) is 105 cm³/mol. The van der Waals surface area contributed by atoms with E-state index in [9.17, 15) is 9.59 Å². The van der Waals surface area contributed by atoms with Gasteiger partial charge >= 0.3 is 5.69 Å². The fourth-order valence-electron chi connectivity index (χ4n) is 6.72. The van der Waals surface area contributed by atoms with Gasteiger partial charge < -0.3 is 5.32 Å². The molecule has 144 valence electrons. The van der Waals surface area contributed by atoms with Crippen molar-refractivity contribution in [3.8, 4) is 0 Å². The number of carbonyl (C=O) groups excluding carboxylic acids is 1. The molecule has 1 heterocycles. The lowest BCUT2D eigenvalue weighted by molar-refractivity contribution is -0.123. The number of aryl methyl sites for hydroxylation is 1. The van der Waals surface area contributed by atoms with Crippen LogP contribution in [0.4, 0.5) is 0 Å². The van der Waals surface area contributed by atoms with E-state index in [-0.39, 0.29) is 18.1 Å². The van der Waals surface area contributed by atoms with Crippen molar-refractivity contribution in [2.24, 2.45) is 23.2 Å². The van der Waals surface area contributed by atoms with Gasteiger partial charge in [-0.3, -0.25) is 13.9 Å². The molecule has 5 heteroatoms. The van der Waals surface area contributed by atoms with Gasteiger partial charge in [-0.25, -0.2) is 4.79 Å². The minimum atomic E-state index is -0.0938. The largest absolute Gasteiger partial charge is 0.354 e. The number of nitrogens with zero attached hydrogens (tertiary/aromatic N) is 2. The highest BCUT2D eigenvalue weighted by Crippen LogP contribution is 2.59. The molecule has 4 fully saturated rings. The van der Waals surface area contributed by atoms with Crippen LogP contribution in [0.5, 0.6) is 0 Å². The Bertz CT molecular complexity index is 903. The van der Waals surface area contributed by atoms with Crippen molar-refractivity contribution in [3.63, 3.8) is 0 Å². The lowest BCUT2D eigenvalue weighted by Gasteiger charge is -2.56. The number of rotatable bonds is 5. The first-order chi connectivity index (χ1) is 13.1. The van der Waals surface area contributed by atoms with Crippen molar-refractivity contribution < 1.29 is 4.79 Å². The van der Waals surface area contributed by atoms with Crippen molar-refractivity contribution >= 4 is 16.9 Å². The molecular weight excluding hydrogens is 338 g/mol. The molecule has 0 atom stereocenters. The Morgan fingerprint density at radius 2 is 1.59 bits per heavy atom. The zero-order valence-electron chi connectivity index (χ0n) is 16.1. The van der Waals surface area contributed by atoms with E-state index < -0.39 is 0 Å². The van der Waals surface area contributed by atoms with Gasteiger partial charge in [0.1, 0.15) is 6.54 Å². The topological polar surface area (TPSA) is 56.0 Å². The highest BCUT2D eigenvalue weighted by Gasteiger charge is 2.50. The standard InChI is InChI=1S/C22H29N3O2/c1-2-24-18-5-3-4-6-19(18)25(21(24)27)13-20(26)23-14-22-10-15-7-16(11-22)9-17(8-15)12-22/h3-6,15-17H,2,7-14H2,1H3,(H,23,26). The predicted octanol–water partition coefficient (Wildman–Crippen LogP) is 3.16. The molecular formula is C22H29N3O2. The molecule has 4 aliphatic rings. The third kappa shape index (κ3) is 2.82. The molecule has 2 aromatic rings. The molecule has 4 saturated carbocycles. The first-order valence-electron chi connectivity index (χ1n) is 10.5. The molecule has 27 heavy (non-hydrogen) atoms. The highest BCUT2D eigenvalue weighted by atomic mass is 16.2. The van der Waals surface area contributed by atoms with Crippen LogP contribution in [0.3, 0.4) is 0 Å². The summed E-state index contributed by atoms with van der Waals surface area (Å²) < 4.78 is 3.36. The van der Waals surface area contributed by atoms with Crippen molar-refractivity contribution in [2.45, 2.75) is 58.5 Å². The summed E-state index contributed by atoms with van der Waals surface area (Å²) in [5.74, 6) is 2.63. The molecule has 1 aromatic carbocycles. The second-order valence-corrected chi connectivity index (χ2v) is 9.30. The van der Waals surface area contributed by atoms with Crippen LogP contribution in [0.15, 0.2) is 29.1 Å². The summed E-state index contributed by atoms with van der Waals surface area (Å²) in [7, 11) is 0. The minimum absolute atomic E-state index is 0.0353. The minimum Gasteiger partial charge on any atom is -0.354 e. The van der Waals surface area contributed by atoms with E-state index in [1.165, 1.54) is 38.5 Å². The van der Waals surface area contributed by atoms with Crippen LogP contribution in [0.1, 0.15) is 45.4 Å². The molecule has 0 saturated heterocycles. The van der Waals surface area contributed by atoms with Crippen LogP contribution in [0.25, 0.3) is 11.0 Å². The Kier molecular flexibility index (Phi) is 3.95. The molecule has 1 amide bonds. The summed E-state index contributed by atoms with van der Waals surface area (Å²) in [5, 5.41) is 3.20. The molecule has 4 aliphatic carbocycles. The van der Waals surface area contributed by atoms with Gasteiger partial charge in [-0.15, -0.1) is 0 Å². The van der Waals surface area contributed by atoms with Crippen LogP contribution in [-0.2, 0) is 17.9 Å². The van der Waals surface area contributed by atoms with E-state index in [0.717, 1.165) is 35.3 Å². The molecule has 1 N–H and O–H groups in total. The summed E-state index contributed by atoms with van der Waals surface area (Å²) in [4.78, 5) is 25.4. The number of benzene rings is 1. The quantitative estimate of drug-likeness (QED) is 0.883. The maximum absolute atomic E-state index is 12.7. The Morgan fingerprint density at radius 1 is 1.04 bits per heavy atom. The summed E-state index contributed by atoms with van der Waals surface area (Å²) in [5.41, 5.74) is 1.98. The van der Waals surface area contributed by atoms with E-state index in [2.05, 4.69) is 5.32 Å². The third-order valence-corrected chi connectivity index (χ3v) is 7.37. The number of nitrogens with one attached hydrogen (secondary N) is 1. The number of fused-ring (bicyclic) bond motifs is 1. The molecule has 0 spiro atoms. The number of imidazole rings is 1. The molecule has 0 radical (unpaired) electrons. The van der Waals surface area contributed by atoms with E-state index in [1.54, 1.807) is 9.13 Å². The molecule has 4 bridgehead atoms. The van der Waals surface area contributed by atoms with Gasteiger partial charge in [0, 0.05) is 13.1 Å². The van der Waals surface area contributed by atoms with Crippen molar-refractivity contribution in [1.82, 2.24) is 14.5 Å². The molecule has 5 nitrogen and oxygen atoms in total. The summed E-state index contributed by atoms with van der Waals surface area (Å²) >= 11 is 0. The SMILES string of the molecule is CCn1c(=O)n(CC(=O)NCC23CC4CC(CC(C4)C2)C3)c2ccccc21. The van der Waals surface area contributed by atoms with E-state index in [1.807, 2.05) is 31.2 Å². The molecule has 0 unspecified atom stereocenters. The molecule has 1 aromatic heterocycles. The number of carbonyl (C=O) groups is 1. The summed E-state index contributed by atoms with van der Waals surface area (Å²) in [6.45, 7) is 3.47. The Hall–Kier alpha value is -2.04. The smallest absolute Gasteiger partial charge is 0.329 e. The van der Waals surface area contributed by atoms with E-state index >= 15 is 0 Å². The van der Waals surface area contributed by atoms with Gasteiger partial charge in [0.05, 0.1) is 11.0 Å². The zero-order chi connectivity index (χ0) is 18.6. The number of hydrogen-bond donors (Lipinski definition) is 1. The van der Waals surface area contributed by atoms with Crippen LogP contribution < -0.4 is 11.0 Å². The summed E-state index contributed by atoms with van der Waals surface area (Å²) in [6.07, 6.45) is 8.11. The van der Waals surface area contributed by atoms with Gasteiger partial charge in [-0.2, -0.15) is 0 Å². The Morgan fingerprint density at radius 3 is 2.15 bits per heavy atom. The third-order valence-electron chi connectivity index (χ3n) is 7.37. The lowest BCUT2D eigenvalue weighted by Crippen LogP contribution is -2.51. The lowest BCUT2D eigenvalue weighted by atomic mass is 9.49. The van der Waals surface area contributed by atoms with Gasteiger partial charge in [0.2, 0.25) is 5.91 Å². The van der Waals surface area contributed by atoms with Crippen molar-refractivity contribution in [2.75, 3.05) is 6.54 Å². The van der Waals surface area contributed by atoms with Crippen LogP contribution >= 0.6 is 0 Å². The zero-order valence-corrected chi connectivity index (χ0v) is 16.1.